The smallest absolute Gasteiger partial charge is 0.0741 e. The zero-order chi connectivity index (χ0) is 12.9. The van der Waals surface area contributed by atoms with Crippen molar-refractivity contribution in [3.63, 3.8) is 0 Å². The molecule has 0 aliphatic carbocycles. The van der Waals surface area contributed by atoms with Gasteiger partial charge >= 0.3 is 0 Å². The minimum Gasteiger partial charge on any atom is -0.389 e. The van der Waals surface area contributed by atoms with E-state index in [1.807, 2.05) is 6.92 Å². The van der Waals surface area contributed by atoms with Crippen LogP contribution in [0.25, 0.3) is 0 Å². The quantitative estimate of drug-likeness (QED) is 0.731. The van der Waals surface area contributed by atoms with Crippen molar-refractivity contribution in [2.24, 2.45) is 5.73 Å². The summed E-state index contributed by atoms with van der Waals surface area (Å²) in [6, 6.07) is 0.536. The topological polar surface area (TPSA) is 58.7 Å². The molecule has 0 aromatic rings. The van der Waals surface area contributed by atoms with Crippen LogP contribution in [0.1, 0.15) is 40.0 Å². The van der Waals surface area contributed by atoms with Gasteiger partial charge in [0.25, 0.3) is 0 Å². The molecular formula is C13H28N2O2. The Labute approximate surface area is 105 Å². The van der Waals surface area contributed by atoms with E-state index in [-0.39, 0.29) is 0 Å². The van der Waals surface area contributed by atoms with Crippen LogP contribution in [0, 0.1) is 0 Å². The molecule has 4 heteroatoms. The van der Waals surface area contributed by atoms with Crippen LogP contribution in [-0.4, -0.2) is 54.0 Å². The summed E-state index contributed by atoms with van der Waals surface area (Å²) in [5.74, 6) is 0. The second kappa shape index (κ2) is 6.69. The van der Waals surface area contributed by atoms with Crippen molar-refractivity contribution in [2.75, 3.05) is 26.2 Å². The van der Waals surface area contributed by atoms with Crippen molar-refractivity contribution in [3.05, 3.63) is 0 Å². The fourth-order valence-corrected chi connectivity index (χ4v) is 2.33. The first kappa shape index (κ1) is 14.9. The molecule has 102 valence electrons. The third-order valence-corrected chi connectivity index (χ3v) is 3.65. The lowest BCUT2D eigenvalue weighted by atomic mass is 10.00. The minimum atomic E-state index is -0.709. The highest BCUT2D eigenvalue weighted by Crippen LogP contribution is 2.17. The highest BCUT2D eigenvalue weighted by molar-refractivity contribution is 4.79. The van der Waals surface area contributed by atoms with Crippen LogP contribution >= 0.6 is 0 Å². The van der Waals surface area contributed by atoms with E-state index in [9.17, 15) is 5.11 Å². The zero-order valence-corrected chi connectivity index (χ0v) is 11.5. The molecule has 1 fully saturated rings. The lowest BCUT2D eigenvalue weighted by molar-refractivity contribution is -0.0579. The van der Waals surface area contributed by atoms with Crippen molar-refractivity contribution in [3.8, 4) is 0 Å². The molecule has 17 heavy (non-hydrogen) atoms. The van der Waals surface area contributed by atoms with Gasteiger partial charge in [-0.05, 0) is 39.7 Å². The van der Waals surface area contributed by atoms with Gasteiger partial charge in [-0.1, -0.05) is 6.92 Å². The Balaban J connectivity index is 2.33. The van der Waals surface area contributed by atoms with Crippen LogP contribution in [-0.2, 0) is 4.74 Å². The van der Waals surface area contributed by atoms with E-state index in [4.69, 9.17) is 10.5 Å². The molecule has 4 nitrogen and oxygen atoms in total. The molecule has 3 atom stereocenters. The molecular weight excluding hydrogens is 216 g/mol. The summed E-state index contributed by atoms with van der Waals surface area (Å²) in [6.45, 7) is 9.34. The van der Waals surface area contributed by atoms with Gasteiger partial charge in [-0.25, -0.2) is 0 Å². The van der Waals surface area contributed by atoms with Crippen molar-refractivity contribution in [1.29, 1.82) is 0 Å². The molecule has 0 amide bonds. The van der Waals surface area contributed by atoms with E-state index in [0.29, 0.717) is 18.7 Å². The number of hydrogen-bond acceptors (Lipinski definition) is 4. The molecule has 3 N–H and O–H groups in total. The van der Waals surface area contributed by atoms with Gasteiger partial charge in [-0.15, -0.1) is 0 Å². The normalized spacial score (nSPS) is 30.2. The van der Waals surface area contributed by atoms with Gasteiger partial charge in [0.15, 0.2) is 0 Å². The molecule has 0 bridgehead atoms. The second-order valence-corrected chi connectivity index (χ2v) is 5.51. The van der Waals surface area contributed by atoms with E-state index < -0.39 is 5.60 Å². The van der Waals surface area contributed by atoms with E-state index >= 15 is 0 Å². The molecule has 1 saturated heterocycles. The summed E-state index contributed by atoms with van der Waals surface area (Å²) in [7, 11) is 0. The standard InChI is InChI=1S/C13H28N2O2/c1-4-12-9-17-11(2)8-15(12)7-5-6-13(3,16)10-14/h11-12,16H,4-10,14H2,1-3H3. The van der Waals surface area contributed by atoms with Gasteiger partial charge in [0.05, 0.1) is 18.3 Å². The number of ether oxygens (including phenoxy) is 1. The lowest BCUT2D eigenvalue weighted by Gasteiger charge is -2.38. The molecule has 1 aliphatic heterocycles. The second-order valence-electron chi connectivity index (χ2n) is 5.51. The maximum Gasteiger partial charge on any atom is 0.0741 e. The monoisotopic (exact) mass is 244 g/mol. The van der Waals surface area contributed by atoms with Crippen LogP contribution in [0.4, 0.5) is 0 Å². The van der Waals surface area contributed by atoms with Gasteiger partial charge in [0.2, 0.25) is 0 Å². The van der Waals surface area contributed by atoms with E-state index in [1.165, 1.54) is 0 Å². The van der Waals surface area contributed by atoms with Crippen LogP contribution in [0.5, 0.6) is 0 Å². The van der Waals surface area contributed by atoms with Crippen molar-refractivity contribution in [2.45, 2.75) is 57.8 Å². The van der Waals surface area contributed by atoms with Gasteiger partial charge in [0, 0.05) is 19.1 Å². The highest BCUT2D eigenvalue weighted by Gasteiger charge is 2.26. The van der Waals surface area contributed by atoms with Crippen molar-refractivity contribution >= 4 is 0 Å². The van der Waals surface area contributed by atoms with Gasteiger partial charge in [-0.2, -0.15) is 0 Å². The number of aliphatic hydroxyl groups is 1. The maximum atomic E-state index is 9.86. The average Bonchev–Trinajstić information content (AvgIpc) is 2.29. The lowest BCUT2D eigenvalue weighted by Crippen LogP contribution is -2.49. The van der Waals surface area contributed by atoms with Crippen LogP contribution in [0.2, 0.25) is 0 Å². The Morgan fingerprint density at radius 1 is 1.53 bits per heavy atom. The summed E-state index contributed by atoms with van der Waals surface area (Å²) in [5, 5.41) is 9.86. The third kappa shape index (κ3) is 4.92. The third-order valence-electron chi connectivity index (χ3n) is 3.65. The molecule has 1 rings (SSSR count). The summed E-state index contributed by atoms with van der Waals surface area (Å²) in [5.41, 5.74) is 4.81. The number of hydrogen-bond donors (Lipinski definition) is 2. The minimum absolute atomic E-state index is 0.327. The number of nitrogens with zero attached hydrogens (tertiary/aromatic N) is 1. The summed E-state index contributed by atoms with van der Waals surface area (Å²) in [4.78, 5) is 2.49. The predicted molar refractivity (Wildman–Crippen MR) is 70.0 cm³/mol. The SMILES string of the molecule is CCC1COC(C)CN1CCCC(C)(O)CN. The van der Waals surface area contributed by atoms with Crippen LogP contribution in [0.3, 0.4) is 0 Å². The van der Waals surface area contributed by atoms with Crippen molar-refractivity contribution in [1.82, 2.24) is 4.90 Å². The molecule has 0 aromatic carbocycles. The van der Waals surface area contributed by atoms with Crippen LogP contribution in [0.15, 0.2) is 0 Å². The Hall–Kier alpha value is -0.160. The average molecular weight is 244 g/mol. The molecule has 0 radical (unpaired) electrons. The van der Waals surface area contributed by atoms with E-state index in [2.05, 4.69) is 18.7 Å². The fraction of sp³-hybridized carbons (Fsp3) is 1.00. The summed E-state index contributed by atoms with van der Waals surface area (Å²) < 4.78 is 5.67. The molecule has 1 heterocycles. The fourth-order valence-electron chi connectivity index (χ4n) is 2.33. The summed E-state index contributed by atoms with van der Waals surface area (Å²) >= 11 is 0. The van der Waals surface area contributed by atoms with Crippen molar-refractivity contribution < 1.29 is 9.84 Å². The predicted octanol–water partition coefficient (Wildman–Crippen LogP) is 0.976. The Morgan fingerprint density at radius 2 is 2.24 bits per heavy atom. The molecule has 0 aromatic heterocycles. The molecule has 0 spiro atoms. The summed E-state index contributed by atoms with van der Waals surface area (Å²) in [6.07, 6.45) is 3.21. The maximum absolute atomic E-state index is 9.86. The van der Waals surface area contributed by atoms with Gasteiger partial charge in [0.1, 0.15) is 0 Å². The van der Waals surface area contributed by atoms with Gasteiger partial charge in [-0.3, -0.25) is 4.90 Å². The first-order valence-corrected chi connectivity index (χ1v) is 6.76. The number of morpholine rings is 1. The van der Waals surface area contributed by atoms with Crippen LogP contribution < -0.4 is 5.73 Å². The zero-order valence-electron chi connectivity index (χ0n) is 11.5. The molecule has 3 unspecified atom stereocenters. The van der Waals surface area contributed by atoms with E-state index in [1.54, 1.807) is 0 Å². The Morgan fingerprint density at radius 3 is 2.82 bits per heavy atom. The molecule has 1 aliphatic rings. The Bertz CT molecular complexity index is 221. The first-order valence-electron chi connectivity index (χ1n) is 6.76. The Kier molecular flexibility index (Phi) is 5.86. The van der Waals surface area contributed by atoms with Gasteiger partial charge < -0.3 is 15.6 Å². The largest absolute Gasteiger partial charge is 0.389 e. The molecule has 0 saturated carbocycles. The number of nitrogens with two attached hydrogens (primary N) is 1. The highest BCUT2D eigenvalue weighted by atomic mass is 16.5. The first-order chi connectivity index (χ1) is 7.98. The number of rotatable bonds is 6. The van der Waals surface area contributed by atoms with E-state index in [0.717, 1.165) is 39.0 Å².